The van der Waals surface area contributed by atoms with E-state index in [1.807, 2.05) is 24.3 Å². The molecule has 0 aromatic heterocycles. The molecule has 0 spiro atoms. The Labute approximate surface area is 158 Å². The van der Waals surface area contributed by atoms with Gasteiger partial charge in [0.15, 0.2) is 11.5 Å². The second-order valence-electron chi connectivity index (χ2n) is 7.27. The zero-order chi connectivity index (χ0) is 18.4. The van der Waals surface area contributed by atoms with Gasteiger partial charge in [-0.25, -0.2) is 0 Å². The van der Waals surface area contributed by atoms with Crippen molar-refractivity contribution in [2.45, 2.75) is 24.9 Å². The highest BCUT2D eigenvalue weighted by Crippen LogP contribution is 2.37. The summed E-state index contributed by atoms with van der Waals surface area (Å²) in [5, 5.41) is 0. The third-order valence-electron chi connectivity index (χ3n) is 5.77. The molecule has 0 radical (unpaired) electrons. The average Bonchev–Trinajstić information content (AvgIpc) is 3.28. The summed E-state index contributed by atoms with van der Waals surface area (Å²) in [7, 11) is 1.68. The Kier molecular flexibility index (Phi) is 3.85. The zero-order valence-electron chi connectivity index (χ0n) is 15.3. The van der Waals surface area contributed by atoms with E-state index < -0.39 is 0 Å². The minimum Gasteiger partial charge on any atom is -0.497 e. The second kappa shape index (κ2) is 6.37. The fourth-order valence-electron chi connectivity index (χ4n) is 4.42. The number of piperazine rings is 1. The zero-order valence-corrected chi connectivity index (χ0v) is 15.3. The molecule has 0 aliphatic carbocycles. The second-order valence-corrected chi connectivity index (χ2v) is 7.27. The number of nitrogens with zero attached hydrogens (tertiary/aromatic N) is 2. The predicted octanol–water partition coefficient (Wildman–Crippen LogP) is 2.92. The van der Waals surface area contributed by atoms with Crippen LogP contribution in [0.25, 0.3) is 0 Å². The van der Waals surface area contributed by atoms with Crippen LogP contribution in [0.1, 0.15) is 23.2 Å². The summed E-state index contributed by atoms with van der Waals surface area (Å²) in [4.78, 5) is 17.6. The lowest BCUT2D eigenvalue weighted by molar-refractivity contribution is 0.0641. The molecular formula is C21H22N2O4. The molecule has 0 saturated carbocycles. The van der Waals surface area contributed by atoms with Crippen LogP contribution in [0.15, 0.2) is 42.5 Å². The van der Waals surface area contributed by atoms with Crippen molar-refractivity contribution >= 4 is 11.6 Å². The van der Waals surface area contributed by atoms with Crippen LogP contribution >= 0.6 is 0 Å². The lowest BCUT2D eigenvalue weighted by Gasteiger charge is -2.42. The summed E-state index contributed by atoms with van der Waals surface area (Å²) in [6.07, 6.45) is 2.10. The molecule has 2 unspecified atom stereocenters. The normalized spacial score (nSPS) is 22.9. The number of carbonyl (C=O) groups excluding carboxylic acids is 1. The van der Waals surface area contributed by atoms with Gasteiger partial charge in [0, 0.05) is 36.4 Å². The van der Waals surface area contributed by atoms with Crippen molar-refractivity contribution in [3.63, 3.8) is 0 Å². The number of rotatable bonds is 3. The highest BCUT2D eigenvalue weighted by molar-refractivity contribution is 5.95. The van der Waals surface area contributed by atoms with Crippen molar-refractivity contribution < 1.29 is 19.0 Å². The maximum absolute atomic E-state index is 13.2. The predicted molar refractivity (Wildman–Crippen MR) is 101 cm³/mol. The maximum Gasteiger partial charge on any atom is 0.254 e. The van der Waals surface area contributed by atoms with Crippen LogP contribution in [0.3, 0.4) is 0 Å². The quantitative estimate of drug-likeness (QED) is 0.836. The summed E-state index contributed by atoms with van der Waals surface area (Å²) in [5.74, 6) is 2.32. The van der Waals surface area contributed by atoms with Gasteiger partial charge in [0.25, 0.3) is 5.91 Å². The molecule has 6 nitrogen and oxygen atoms in total. The maximum atomic E-state index is 13.2. The molecule has 27 heavy (non-hydrogen) atoms. The average molecular weight is 366 g/mol. The molecule has 3 aliphatic rings. The van der Waals surface area contributed by atoms with E-state index in [1.165, 1.54) is 5.69 Å². The molecule has 1 amide bonds. The fourth-order valence-corrected chi connectivity index (χ4v) is 4.42. The molecule has 5 rings (SSSR count). The first-order chi connectivity index (χ1) is 13.2. The summed E-state index contributed by atoms with van der Waals surface area (Å²) in [6.45, 7) is 1.94. The van der Waals surface area contributed by atoms with Crippen LogP contribution in [-0.4, -0.2) is 49.9 Å². The number of ether oxygens (including phenoxy) is 3. The molecule has 2 bridgehead atoms. The van der Waals surface area contributed by atoms with E-state index in [0.717, 1.165) is 31.7 Å². The van der Waals surface area contributed by atoms with Gasteiger partial charge in [0.05, 0.1) is 7.11 Å². The van der Waals surface area contributed by atoms with Crippen molar-refractivity contribution in [2.75, 3.05) is 31.9 Å². The molecule has 6 heteroatoms. The minimum absolute atomic E-state index is 0.0928. The molecule has 3 aliphatic heterocycles. The number of benzene rings is 2. The lowest BCUT2D eigenvalue weighted by atomic mass is 10.1. The lowest BCUT2D eigenvalue weighted by Crippen LogP contribution is -2.56. The Bertz CT molecular complexity index is 853. The van der Waals surface area contributed by atoms with E-state index in [9.17, 15) is 4.79 Å². The third-order valence-corrected chi connectivity index (χ3v) is 5.77. The van der Waals surface area contributed by atoms with Crippen LogP contribution in [0.4, 0.5) is 5.69 Å². The number of hydrogen-bond donors (Lipinski definition) is 0. The molecule has 2 atom stereocenters. The number of amides is 1. The van der Waals surface area contributed by atoms with Gasteiger partial charge in [0.2, 0.25) is 6.79 Å². The monoisotopic (exact) mass is 366 g/mol. The Morgan fingerprint density at radius 3 is 2.41 bits per heavy atom. The molecule has 140 valence electrons. The SMILES string of the molecule is COc1ccc(N2CC3CCC(C2)N3C(=O)c2ccc3c(c2)OCO3)cc1. The van der Waals surface area contributed by atoms with Crippen molar-refractivity contribution in [1.29, 1.82) is 0 Å². The molecule has 2 fully saturated rings. The van der Waals surface area contributed by atoms with E-state index >= 15 is 0 Å². The topological polar surface area (TPSA) is 51.2 Å². The van der Waals surface area contributed by atoms with E-state index in [4.69, 9.17) is 14.2 Å². The largest absolute Gasteiger partial charge is 0.497 e. The van der Waals surface area contributed by atoms with Gasteiger partial charge in [-0.1, -0.05) is 0 Å². The van der Waals surface area contributed by atoms with Gasteiger partial charge in [-0.05, 0) is 55.3 Å². The van der Waals surface area contributed by atoms with Crippen LogP contribution in [0, 0.1) is 0 Å². The molecule has 0 N–H and O–H groups in total. The van der Waals surface area contributed by atoms with Gasteiger partial charge < -0.3 is 24.0 Å². The summed E-state index contributed by atoms with van der Waals surface area (Å²) in [6, 6.07) is 14.1. The summed E-state index contributed by atoms with van der Waals surface area (Å²) >= 11 is 0. The van der Waals surface area contributed by atoms with Gasteiger partial charge in [-0.15, -0.1) is 0 Å². The number of fused-ring (bicyclic) bond motifs is 3. The van der Waals surface area contributed by atoms with Crippen LogP contribution in [-0.2, 0) is 0 Å². The van der Waals surface area contributed by atoms with Gasteiger partial charge >= 0.3 is 0 Å². The Hall–Kier alpha value is -2.89. The molecule has 2 aromatic rings. The standard InChI is InChI=1S/C21H22N2O4/c1-25-18-7-5-15(6-8-18)22-11-16-3-4-17(12-22)23(16)21(24)14-2-9-19-20(10-14)27-13-26-19/h2,5-10,16-17H,3-4,11-13H2,1H3. The smallest absolute Gasteiger partial charge is 0.254 e. The van der Waals surface area contributed by atoms with Crippen molar-refractivity contribution in [3.8, 4) is 17.2 Å². The molecular weight excluding hydrogens is 344 g/mol. The van der Waals surface area contributed by atoms with Gasteiger partial charge in [-0.3, -0.25) is 4.79 Å². The van der Waals surface area contributed by atoms with Crippen molar-refractivity contribution in [1.82, 2.24) is 4.90 Å². The first-order valence-corrected chi connectivity index (χ1v) is 9.34. The number of anilines is 1. The highest BCUT2D eigenvalue weighted by Gasteiger charge is 2.43. The molecule has 2 aromatic carbocycles. The molecule has 2 saturated heterocycles. The Morgan fingerprint density at radius 1 is 1.00 bits per heavy atom. The van der Waals surface area contributed by atoms with Gasteiger partial charge in [-0.2, -0.15) is 0 Å². The fraction of sp³-hybridized carbons (Fsp3) is 0.381. The highest BCUT2D eigenvalue weighted by atomic mass is 16.7. The van der Waals surface area contributed by atoms with E-state index in [1.54, 1.807) is 13.2 Å². The third kappa shape index (κ3) is 2.76. The first kappa shape index (κ1) is 16.3. The van der Waals surface area contributed by atoms with Crippen LogP contribution in [0.2, 0.25) is 0 Å². The molecule has 3 heterocycles. The van der Waals surface area contributed by atoms with Crippen LogP contribution < -0.4 is 19.1 Å². The van der Waals surface area contributed by atoms with E-state index in [-0.39, 0.29) is 24.8 Å². The Balaban J connectivity index is 1.35. The number of methoxy groups -OCH3 is 1. The van der Waals surface area contributed by atoms with E-state index in [0.29, 0.717) is 17.1 Å². The van der Waals surface area contributed by atoms with Crippen molar-refractivity contribution in [3.05, 3.63) is 48.0 Å². The van der Waals surface area contributed by atoms with Gasteiger partial charge in [0.1, 0.15) is 5.75 Å². The number of carbonyl (C=O) groups is 1. The minimum atomic E-state index is 0.0928. The Morgan fingerprint density at radius 2 is 1.70 bits per heavy atom. The summed E-state index contributed by atoms with van der Waals surface area (Å²) < 4.78 is 16.0. The summed E-state index contributed by atoms with van der Waals surface area (Å²) in [5.41, 5.74) is 1.86. The van der Waals surface area contributed by atoms with E-state index in [2.05, 4.69) is 21.9 Å². The first-order valence-electron chi connectivity index (χ1n) is 9.34. The van der Waals surface area contributed by atoms with Crippen molar-refractivity contribution in [2.24, 2.45) is 0 Å². The number of hydrogen-bond acceptors (Lipinski definition) is 5. The van der Waals surface area contributed by atoms with Crippen LogP contribution in [0.5, 0.6) is 17.2 Å².